The van der Waals surface area contributed by atoms with Crippen molar-refractivity contribution in [3.63, 3.8) is 0 Å². The molecule has 0 spiro atoms. The lowest BCUT2D eigenvalue weighted by Gasteiger charge is -2.20. The van der Waals surface area contributed by atoms with Crippen molar-refractivity contribution in [2.45, 2.75) is 5.92 Å². The second kappa shape index (κ2) is 12.3. The van der Waals surface area contributed by atoms with Crippen LogP contribution >= 0.6 is 0 Å². The summed E-state index contributed by atoms with van der Waals surface area (Å²) in [6, 6.07) is 24.0. The van der Waals surface area contributed by atoms with E-state index in [1.165, 1.54) is 0 Å². The van der Waals surface area contributed by atoms with Gasteiger partial charge in [0.25, 0.3) is 0 Å². The molecule has 0 aliphatic rings. The van der Waals surface area contributed by atoms with E-state index in [-0.39, 0.29) is 5.92 Å². The minimum Gasteiger partial charge on any atom is -0.493 e. The molecule has 0 bridgehead atoms. The standard InChI is InChI=1S/C28H29NO4/c1-32-26-15-14-24(19-27(26)33-2)25(20-29-17-7-11-21-8-4-3-5-9-21)23-12-6-10-22(18-23)13-16-28(30)31/h3-16,18-19,25,29H,17,20H2,1-2H3,(H,30,31). The summed E-state index contributed by atoms with van der Waals surface area (Å²) in [5, 5.41) is 12.5. The number of carbonyl (C=O) groups is 1. The molecular weight excluding hydrogens is 414 g/mol. The summed E-state index contributed by atoms with van der Waals surface area (Å²) >= 11 is 0. The highest BCUT2D eigenvalue weighted by Crippen LogP contribution is 2.33. The summed E-state index contributed by atoms with van der Waals surface area (Å²) in [5.74, 6) is 0.416. The maximum atomic E-state index is 10.9. The first kappa shape index (κ1) is 23.8. The SMILES string of the molecule is COc1ccc(C(CNCC=Cc2ccccc2)c2cccc(C=CC(=O)O)c2)cc1OC. The van der Waals surface area contributed by atoms with Crippen LogP contribution in [0.5, 0.6) is 11.5 Å². The molecule has 3 aromatic carbocycles. The highest BCUT2D eigenvalue weighted by Gasteiger charge is 2.17. The monoisotopic (exact) mass is 443 g/mol. The third-order valence-corrected chi connectivity index (χ3v) is 5.26. The van der Waals surface area contributed by atoms with Crippen molar-refractivity contribution in [2.75, 3.05) is 27.3 Å². The highest BCUT2D eigenvalue weighted by atomic mass is 16.5. The Labute approximate surface area is 195 Å². The molecule has 0 heterocycles. The highest BCUT2D eigenvalue weighted by molar-refractivity contribution is 5.85. The van der Waals surface area contributed by atoms with Gasteiger partial charge in [-0.25, -0.2) is 4.79 Å². The predicted molar refractivity (Wildman–Crippen MR) is 133 cm³/mol. The summed E-state index contributed by atoms with van der Waals surface area (Å²) in [5.41, 5.74) is 4.15. The van der Waals surface area contributed by atoms with Gasteiger partial charge in [-0.2, -0.15) is 0 Å². The van der Waals surface area contributed by atoms with E-state index in [2.05, 4.69) is 35.7 Å². The molecular formula is C28H29NO4. The first-order valence-electron chi connectivity index (χ1n) is 10.8. The van der Waals surface area contributed by atoms with Crippen LogP contribution in [0.15, 0.2) is 84.9 Å². The Balaban J connectivity index is 1.83. The van der Waals surface area contributed by atoms with E-state index in [1.54, 1.807) is 20.3 Å². The zero-order valence-corrected chi connectivity index (χ0v) is 18.9. The summed E-state index contributed by atoms with van der Waals surface area (Å²) in [6.07, 6.45) is 6.95. The number of aliphatic carboxylic acids is 1. The van der Waals surface area contributed by atoms with Gasteiger partial charge in [0.1, 0.15) is 0 Å². The number of hydrogen-bond donors (Lipinski definition) is 2. The molecule has 33 heavy (non-hydrogen) atoms. The zero-order chi connectivity index (χ0) is 23.5. The van der Waals surface area contributed by atoms with Crippen LogP contribution in [-0.2, 0) is 4.79 Å². The lowest BCUT2D eigenvalue weighted by Crippen LogP contribution is -2.22. The van der Waals surface area contributed by atoms with Crippen LogP contribution in [0.2, 0.25) is 0 Å². The molecule has 0 fully saturated rings. The molecule has 5 nitrogen and oxygen atoms in total. The Hall–Kier alpha value is -3.83. The van der Waals surface area contributed by atoms with Crippen LogP contribution in [0.4, 0.5) is 0 Å². The summed E-state index contributed by atoms with van der Waals surface area (Å²) in [6.45, 7) is 1.41. The molecule has 3 rings (SSSR count). The Morgan fingerprint density at radius 3 is 2.33 bits per heavy atom. The van der Waals surface area contributed by atoms with E-state index in [9.17, 15) is 4.79 Å². The van der Waals surface area contributed by atoms with E-state index in [0.29, 0.717) is 18.0 Å². The fourth-order valence-corrected chi connectivity index (χ4v) is 3.61. The number of benzene rings is 3. The predicted octanol–water partition coefficient (Wildman–Crippen LogP) is 5.24. The van der Waals surface area contributed by atoms with Gasteiger partial charge in [-0.15, -0.1) is 0 Å². The number of methoxy groups -OCH3 is 2. The Kier molecular flexibility index (Phi) is 8.86. The van der Waals surface area contributed by atoms with E-state index >= 15 is 0 Å². The van der Waals surface area contributed by atoms with Crippen LogP contribution in [0.3, 0.4) is 0 Å². The van der Waals surface area contributed by atoms with Crippen LogP contribution in [-0.4, -0.2) is 38.4 Å². The largest absolute Gasteiger partial charge is 0.493 e. The van der Waals surface area contributed by atoms with Crippen LogP contribution in [0.25, 0.3) is 12.2 Å². The van der Waals surface area contributed by atoms with E-state index in [0.717, 1.165) is 34.9 Å². The quantitative estimate of drug-likeness (QED) is 0.313. The van der Waals surface area contributed by atoms with Gasteiger partial charge in [0.15, 0.2) is 11.5 Å². The van der Waals surface area contributed by atoms with Gasteiger partial charge in [0.2, 0.25) is 0 Å². The van der Waals surface area contributed by atoms with Gasteiger partial charge in [-0.05, 0) is 40.5 Å². The van der Waals surface area contributed by atoms with E-state index in [1.807, 2.05) is 54.6 Å². The van der Waals surface area contributed by atoms with Crippen molar-refractivity contribution in [3.8, 4) is 11.5 Å². The fraction of sp³-hybridized carbons (Fsp3) is 0.179. The van der Waals surface area contributed by atoms with Gasteiger partial charge in [-0.3, -0.25) is 0 Å². The maximum Gasteiger partial charge on any atom is 0.328 e. The minimum absolute atomic E-state index is 0.0353. The summed E-state index contributed by atoms with van der Waals surface area (Å²) in [7, 11) is 3.24. The van der Waals surface area contributed by atoms with Crippen LogP contribution in [0.1, 0.15) is 28.2 Å². The molecule has 0 saturated heterocycles. The van der Waals surface area contributed by atoms with Crippen molar-refractivity contribution in [1.82, 2.24) is 5.32 Å². The number of carboxylic acids is 1. The molecule has 0 aliphatic heterocycles. The van der Waals surface area contributed by atoms with Gasteiger partial charge in [0.05, 0.1) is 14.2 Å². The average Bonchev–Trinajstić information content (AvgIpc) is 2.85. The first-order valence-corrected chi connectivity index (χ1v) is 10.8. The number of hydrogen-bond acceptors (Lipinski definition) is 4. The van der Waals surface area contributed by atoms with Crippen molar-refractivity contribution < 1.29 is 19.4 Å². The van der Waals surface area contributed by atoms with Crippen LogP contribution in [0, 0.1) is 0 Å². The topological polar surface area (TPSA) is 67.8 Å². The zero-order valence-electron chi connectivity index (χ0n) is 18.9. The van der Waals surface area contributed by atoms with E-state index in [4.69, 9.17) is 14.6 Å². The van der Waals surface area contributed by atoms with Gasteiger partial charge < -0.3 is 19.9 Å². The van der Waals surface area contributed by atoms with Crippen LogP contribution < -0.4 is 14.8 Å². The molecule has 0 aromatic heterocycles. The molecule has 2 N–H and O–H groups in total. The lowest BCUT2D eigenvalue weighted by atomic mass is 9.89. The molecule has 0 radical (unpaired) electrons. The molecule has 1 unspecified atom stereocenters. The van der Waals surface area contributed by atoms with Crippen molar-refractivity contribution >= 4 is 18.1 Å². The fourth-order valence-electron chi connectivity index (χ4n) is 3.61. The normalized spacial score (nSPS) is 12.2. The average molecular weight is 444 g/mol. The summed E-state index contributed by atoms with van der Waals surface area (Å²) < 4.78 is 10.9. The minimum atomic E-state index is -0.969. The molecule has 0 aliphatic carbocycles. The molecule has 0 amide bonds. The number of carboxylic acid groups (broad SMARTS) is 1. The van der Waals surface area contributed by atoms with Gasteiger partial charge >= 0.3 is 5.97 Å². The number of rotatable bonds is 11. The molecule has 0 saturated carbocycles. The Bertz CT molecular complexity index is 1110. The molecule has 170 valence electrons. The lowest BCUT2D eigenvalue weighted by molar-refractivity contribution is -0.131. The third-order valence-electron chi connectivity index (χ3n) is 5.26. The molecule has 1 atom stereocenters. The van der Waals surface area contributed by atoms with Crippen molar-refractivity contribution in [2.24, 2.45) is 0 Å². The van der Waals surface area contributed by atoms with Crippen molar-refractivity contribution in [3.05, 3.63) is 107 Å². The number of nitrogens with one attached hydrogen (secondary N) is 1. The maximum absolute atomic E-state index is 10.9. The smallest absolute Gasteiger partial charge is 0.328 e. The Morgan fingerprint density at radius 1 is 0.879 bits per heavy atom. The van der Waals surface area contributed by atoms with E-state index < -0.39 is 5.97 Å². The molecule has 3 aromatic rings. The number of ether oxygens (including phenoxy) is 2. The first-order chi connectivity index (χ1) is 16.1. The molecule has 5 heteroatoms. The summed E-state index contributed by atoms with van der Waals surface area (Å²) in [4.78, 5) is 10.9. The second-order valence-electron chi connectivity index (χ2n) is 7.48. The Morgan fingerprint density at radius 2 is 1.61 bits per heavy atom. The van der Waals surface area contributed by atoms with Crippen molar-refractivity contribution in [1.29, 1.82) is 0 Å². The van der Waals surface area contributed by atoms with Gasteiger partial charge in [0, 0.05) is 25.1 Å². The van der Waals surface area contributed by atoms with Gasteiger partial charge in [-0.1, -0.05) is 72.8 Å². The third kappa shape index (κ3) is 7.09. The second-order valence-corrected chi connectivity index (χ2v) is 7.48.